The molecule has 1 N–H and O–H groups in total. The third-order valence-corrected chi connectivity index (χ3v) is 3.50. The molecule has 1 rings (SSSR count). The fraction of sp³-hybridized carbons (Fsp3) is 0.500. The maximum atomic E-state index is 11.7. The van der Waals surface area contributed by atoms with Crippen molar-refractivity contribution in [2.45, 2.75) is 19.4 Å². The molecule has 0 aliphatic carbocycles. The summed E-state index contributed by atoms with van der Waals surface area (Å²) in [5, 5.41) is 2.82. The molecule has 1 aromatic rings. The zero-order chi connectivity index (χ0) is 12.1. The highest BCUT2D eigenvalue weighted by molar-refractivity contribution is 9.10. The fourth-order valence-electron chi connectivity index (χ4n) is 1.17. The second-order valence-electron chi connectivity index (χ2n) is 3.55. The minimum Gasteiger partial charge on any atom is -0.457 e. The standard InChI is InChI=1S/C10H14BrNO3S/c1-7(4-6-16(2)14)12-10(13)8-3-5-15-9(8)11/h3,5,7H,4,6H2,1-2H3,(H,12,13). The van der Waals surface area contributed by atoms with Gasteiger partial charge in [-0.1, -0.05) is 0 Å². The zero-order valence-electron chi connectivity index (χ0n) is 9.16. The van der Waals surface area contributed by atoms with Crippen LogP contribution in [0.2, 0.25) is 0 Å². The number of nitrogens with one attached hydrogen (secondary N) is 1. The van der Waals surface area contributed by atoms with Crippen LogP contribution in [0.4, 0.5) is 0 Å². The van der Waals surface area contributed by atoms with Gasteiger partial charge in [-0.15, -0.1) is 0 Å². The molecule has 0 radical (unpaired) electrons. The van der Waals surface area contributed by atoms with Crippen molar-refractivity contribution >= 4 is 32.6 Å². The van der Waals surface area contributed by atoms with Crippen LogP contribution in [0.15, 0.2) is 21.4 Å². The second kappa shape index (κ2) is 6.20. The van der Waals surface area contributed by atoms with E-state index in [1.165, 1.54) is 6.26 Å². The van der Waals surface area contributed by atoms with Crippen LogP contribution in [-0.4, -0.2) is 28.2 Å². The van der Waals surface area contributed by atoms with E-state index in [1.54, 1.807) is 12.3 Å². The molecular weight excluding hydrogens is 294 g/mol. The Balaban J connectivity index is 2.46. The Kier molecular flexibility index (Phi) is 5.21. The van der Waals surface area contributed by atoms with Gasteiger partial charge in [0.25, 0.3) is 5.91 Å². The average molecular weight is 308 g/mol. The molecule has 6 heteroatoms. The van der Waals surface area contributed by atoms with Gasteiger partial charge in [-0.2, -0.15) is 0 Å². The maximum Gasteiger partial charge on any atom is 0.255 e. The van der Waals surface area contributed by atoms with Crippen molar-refractivity contribution in [1.29, 1.82) is 0 Å². The third kappa shape index (κ3) is 4.09. The first-order valence-corrected chi connectivity index (χ1v) is 7.36. The van der Waals surface area contributed by atoms with E-state index in [-0.39, 0.29) is 11.9 Å². The summed E-state index contributed by atoms with van der Waals surface area (Å²) in [6.45, 7) is 1.89. The van der Waals surface area contributed by atoms with Crippen molar-refractivity contribution < 1.29 is 13.4 Å². The van der Waals surface area contributed by atoms with Crippen LogP contribution < -0.4 is 5.32 Å². The van der Waals surface area contributed by atoms with E-state index in [1.807, 2.05) is 6.92 Å². The van der Waals surface area contributed by atoms with Gasteiger partial charge in [0.15, 0.2) is 4.67 Å². The minimum absolute atomic E-state index is 0.00167. The van der Waals surface area contributed by atoms with Crippen molar-refractivity contribution in [1.82, 2.24) is 5.32 Å². The van der Waals surface area contributed by atoms with Crippen molar-refractivity contribution in [3.8, 4) is 0 Å². The molecule has 0 fully saturated rings. The van der Waals surface area contributed by atoms with E-state index in [9.17, 15) is 9.00 Å². The summed E-state index contributed by atoms with van der Waals surface area (Å²) in [6.07, 6.45) is 3.80. The van der Waals surface area contributed by atoms with Gasteiger partial charge in [0.1, 0.15) is 0 Å². The molecule has 16 heavy (non-hydrogen) atoms. The van der Waals surface area contributed by atoms with Crippen molar-refractivity contribution in [3.05, 3.63) is 22.6 Å². The largest absolute Gasteiger partial charge is 0.457 e. The Hall–Kier alpha value is -0.620. The van der Waals surface area contributed by atoms with E-state index in [2.05, 4.69) is 21.2 Å². The lowest BCUT2D eigenvalue weighted by Gasteiger charge is -2.12. The van der Waals surface area contributed by atoms with E-state index in [0.717, 1.165) is 0 Å². The number of hydrogen-bond acceptors (Lipinski definition) is 3. The molecule has 1 aromatic heterocycles. The van der Waals surface area contributed by atoms with Gasteiger partial charge in [-0.25, -0.2) is 0 Å². The van der Waals surface area contributed by atoms with Crippen LogP contribution in [-0.2, 0) is 10.8 Å². The van der Waals surface area contributed by atoms with E-state index in [0.29, 0.717) is 22.4 Å². The molecule has 0 aliphatic heterocycles. The number of rotatable bonds is 5. The molecule has 1 amide bonds. The first-order chi connectivity index (χ1) is 7.50. The van der Waals surface area contributed by atoms with Crippen LogP contribution in [0.1, 0.15) is 23.7 Å². The molecule has 1 heterocycles. The third-order valence-electron chi connectivity index (χ3n) is 2.08. The van der Waals surface area contributed by atoms with Crippen LogP contribution in [0.5, 0.6) is 0 Å². The summed E-state index contributed by atoms with van der Waals surface area (Å²) in [5.41, 5.74) is 0.476. The Morgan fingerprint density at radius 3 is 2.88 bits per heavy atom. The molecule has 90 valence electrons. The number of furan rings is 1. The molecule has 0 aliphatic rings. The SMILES string of the molecule is CC(CCS(C)=O)NC(=O)c1ccoc1Br. The van der Waals surface area contributed by atoms with Gasteiger partial charge in [-0.05, 0) is 35.3 Å². The molecule has 4 nitrogen and oxygen atoms in total. The lowest BCUT2D eigenvalue weighted by atomic mass is 10.2. The molecule has 0 spiro atoms. The molecule has 0 saturated carbocycles. The maximum absolute atomic E-state index is 11.7. The number of hydrogen-bond donors (Lipinski definition) is 1. The summed E-state index contributed by atoms with van der Waals surface area (Å²) in [7, 11) is -0.821. The predicted octanol–water partition coefficient (Wildman–Crippen LogP) is 1.93. The molecule has 0 saturated heterocycles. The van der Waals surface area contributed by atoms with Gasteiger partial charge in [0.05, 0.1) is 11.8 Å². The summed E-state index contributed by atoms with van der Waals surface area (Å²) in [5.74, 6) is 0.406. The first-order valence-electron chi connectivity index (χ1n) is 4.84. The Labute approximate surface area is 105 Å². The monoisotopic (exact) mass is 307 g/mol. The smallest absolute Gasteiger partial charge is 0.255 e. The Morgan fingerprint density at radius 1 is 1.69 bits per heavy atom. The normalized spacial score (nSPS) is 14.4. The Morgan fingerprint density at radius 2 is 2.38 bits per heavy atom. The molecule has 2 unspecified atom stereocenters. The molecule has 0 aromatic carbocycles. The zero-order valence-corrected chi connectivity index (χ0v) is 11.6. The predicted molar refractivity (Wildman–Crippen MR) is 66.9 cm³/mol. The van der Waals surface area contributed by atoms with E-state index in [4.69, 9.17) is 4.42 Å². The topological polar surface area (TPSA) is 59.3 Å². The lowest BCUT2D eigenvalue weighted by molar-refractivity contribution is 0.0937. The van der Waals surface area contributed by atoms with Crippen molar-refractivity contribution in [2.75, 3.05) is 12.0 Å². The van der Waals surface area contributed by atoms with Gasteiger partial charge >= 0.3 is 0 Å². The van der Waals surface area contributed by atoms with E-state index >= 15 is 0 Å². The lowest BCUT2D eigenvalue weighted by Crippen LogP contribution is -2.33. The van der Waals surface area contributed by atoms with Crippen LogP contribution >= 0.6 is 15.9 Å². The van der Waals surface area contributed by atoms with Crippen molar-refractivity contribution in [2.24, 2.45) is 0 Å². The summed E-state index contributed by atoms with van der Waals surface area (Å²) in [4.78, 5) is 11.7. The van der Waals surface area contributed by atoms with Gasteiger partial charge in [0.2, 0.25) is 0 Å². The van der Waals surface area contributed by atoms with Gasteiger partial charge in [-0.3, -0.25) is 9.00 Å². The quantitative estimate of drug-likeness (QED) is 0.904. The second-order valence-corrected chi connectivity index (χ2v) is 5.82. The highest BCUT2D eigenvalue weighted by Crippen LogP contribution is 2.17. The van der Waals surface area contributed by atoms with Crippen LogP contribution in [0.25, 0.3) is 0 Å². The van der Waals surface area contributed by atoms with Crippen LogP contribution in [0, 0.1) is 0 Å². The number of amides is 1. The van der Waals surface area contributed by atoms with E-state index < -0.39 is 10.8 Å². The number of carbonyl (C=O) groups excluding carboxylic acids is 1. The van der Waals surface area contributed by atoms with Crippen LogP contribution in [0.3, 0.4) is 0 Å². The van der Waals surface area contributed by atoms with Crippen molar-refractivity contribution in [3.63, 3.8) is 0 Å². The number of carbonyl (C=O) groups is 1. The summed E-state index contributed by atoms with van der Waals surface area (Å²) < 4.78 is 16.3. The Bertz CT molecular complexity index is 391. The average Bonchev–Trinajstić information content (AvgIpc) is 2.61. The molecule has 0 bridgehead atoms. The number of halogens is 1. The summed E-state index contributed by atoms with van der Waals surface area (Å²) >= 11 is 3.14. The van der Waals surface area contributed by atoms with Gasteiger partial charge < -0.3 is 9.73 Å². The van der Waals surface area contributed by atoms with Gasteiger partial charge in [0, 0.05) is 28.9 Å². The fourth-order valence-corrected chi connectivity index (χ4v) is 2.28. The molecule has 2 atom stereocenters. The minimum atomic E-state index is -0.821. The first kappa shape index (κ1) is 13.4. The molecular formula is C10H14BrNO3S. The highest BCUT2D eigenvalue weighted by Gasteiger charge is 2.14. The summed E-state index contributed by atoms with van der Waals surface area (Å²) in [6, 6.07) is 1.60. The highest BCUT2D eigenvalue weighted by atomic mass is 79.9.